The maximum Gasteiger partial charge on any atom is 0.405 e. The quantitative estimate of drug-likeness (QED) is 0.442. The van der Waals surface area contributed by atoms with E-state index in [1.807, 2.05) is 20.8 Å². The molecule has 0 fully saturated rings. The lowest BCUT2D eigenvalue weighted by Gasteiger charge is -2.36. The molecule has 0 saturated carbocycles. The molecule has 0 bridgehead atoms. The molecular weight excluding hydrogens is 333 g/mol. The van der Waals surface area contributed by atoms with Gasteiger partial charge in [0.1, 0.15) is 12.2 Å². The van der Waals surface area contributed by atoms with Crippen LogP contribution in [0.1, 0.15) is 60.4 Å². The average molecular weight is 356 g/mol. The third-order valence-electron chi connectivity index (χ3n) is 4.29. The zero-order chi connectivity index (χ0) is 19.0. The summed E-state index contributed by atoms with van der Waals surface area (Å²) in [6, 6.07) is 1.59. The molecule has 1 aliphatic carbocycles. The average Bonchev–Trinajstić information content (AvgIpc) is 2.50. The molecule has 0 aromatic carbocycles. The number of fused-ring (bicyclic) bond motifs is 1. The van der Waals surface area contributed by atoms with E-state index >= 15 is 0 Å². The van der Waals surface area contributed by atoms with Crippen LogP contribution in [0, 0.1) is 12.3 Å². The molecule has 1 aliphatic rings. The predicted molar refractivity (Wildman–Crippen MR) is 89.5 cm³/mol. The minimum atomic E-state index is -4.28. The van der Waals surface area contributed by atoms with Crippen molar-refractivity contribution in [3.63, 3.8) is 0 Å². The second-order valence-corrected chi connectivity index (χ2v) is 7.36. The highest BCUT2D eigenvalue weighted by Crippen LogP contribution is 2.44. The molecule has 5 nitrogen and oxygen atoms in total. The van der Waals surface area contributed by atoms with E-state index in [1.165, 1.54) is 0 Å². The van der Waals surface area contributed by atoms with Crippen LogP contribution in [0.4, 0.5) is 13.2 Å². The number of nitrogen functional groups attached to an aromatic ring is 1. The van der Waals surface area contributed by atoms with E-state index in [0.717, 1.165) is 11.1 Å². The predicted octanol–water partition coefficient (Wildman–Crippen LogP) is 3.02. The van der Waals surface area contributed by atoms with E-state index in [4.69, 9.17) is 5.84 Å². The Morgan fingerprint density at radius 3 is 2.52 bits per heavy atom. The van der Waals surface area contributed by atoms with Crippen LogP contribution in [0.25, 0.3) is 6.08 Å². The van der Waals surface area contributed by atoms with Crippen molar-refractivity contribution >= 4 is 12.0 Å². The first-order chi connectivity index (χ1) is 11.4. The summed E-state index contributed by atoms with van der Waals surface area (Å²) in [6.45, 7) is 6.73. The van der Waals surface area contributed by atoms with Crippen molar-refractivity contribution in [1.82, 2.24) is 15.7 Å². The fourth-order valence-electron chi connectivity index (χ4n) is 2.95. The molecule has 4 N–H and O–H groups in total. The third-order valence-corrected chi connectivity index (χ3v) is 4.29. The molecule has 0 saturated heterocycles. The lowest BCUT2D eigenvalue weighted by molar-refractivity contribution is -0.123. The number of hydrogen-bond acceptors (Lipinski definition) is 4. The van der Waals surface area contributed by atoms with Gasteiger partial charge in [-0.1, -0.05) is 20.8 Å². The summed E-state index contributed by atoms with van der Waals surface area (Å²) < 4.78 is 37.6. The van der Waals surface area contributed by atoms with Gasteiger partial charge in [0.25, 0.3) is 5.91 Å². The zero-order valence-corrected chi connectivity index (χ0v) is 14.7. The number of hydrazine groups is 1. The van der Waals surface area contributed by atoms with Crippen LogP contribution >= 0.6 is 0 Å². The maximum atomic E-state index is 12.5. The number of carbonyl (C=O) groups is 1. The third kappa shape index (κ3) is 4.50. The van der Waals surface area contributed by atoms with Crippen molar-refractivity contribution < 1.29 is 18.0 Å². The molecule has 0 aliphatic heterocycles. The van der Waals surface area contributed by atoms with Crippen molar-refractivity contribution in [2.45, 2.75) is 46.2 Å². The second kappa shape index (κ2) is 6.67. The first-order valence-electron chi connectivity index (χ1n) is 7.96. The molecule has 1 heterocycles. The molecule has 1 amide bonds. The Labute approximate surface area is 144 Å². The van der Waals surface area contributed by atoms with Gasteiger partial charge in [-0.15, -0.1) is 0 Å². The number of allylic oxidation sites excluding steroid dienone is 1. The Morgan fingerprint density at radius 2 is 2.00 bits per heavy atom. The number of nitrogens with two attached hydrogens (primary N) is 1. The first kappa shape index (κ1) is 19.2. The molecule has 1 aromatic rings. The van der Waals surface area contributed by atoms with Gasteiger partial charge in [-0.25, -0.2) is 10.8 Å². The minimum Gasteiger partial charge on any atom is -0.380 e. The lowest BCUT2D eigenvalue weighted by Crippen LogP contribution is -2.34. The molecule has 0 radical (unpaired) electrons. The van der Waals surface area contributed by atoms with Crippen molar-refractivity contribution in [3.8, 4) is 0 Å². The van der Waals surface area contributed by atoms with E-state index in [0.29, 0.717) is 17.8 Å². The SMILES string of the molecule is Cc1cc(C(=O)NN)nc2c1C=C(NCC(F)(F)F)CC2C(C)(C)C. The number of amides is 1. The molecule has 1 aromatic heterocycles. The highest BCUT2D eigenvalue weighted by molar-refractivity contribution is 5.92. The summed E-state index contributed by atoms with van der Waals surface area (Å²) in [4.78, 5) is 16.3. The second-order valence-electron chi connectivity index (χ2n) is 7.36. The Bertz CT molecular complexity index is 705. The van der Waals surface area contributed by atoms with Crippen LogP contribution in [0.15, 0.2) is 11.8 Å². The normalized spacial score (nSPS) is 17.6. The Balaban J connectivity index is 2.50. The number of aryl methyl sites for hydroxylation is 1. The van der Waals surface area contributed by atoms with Crippen molar-refractivity contribution in [2.24, 2.45) is 11.3 Å². The van der Waals surface area contributed by atoms with Gasteiger partial charge in [0, 0.05) is 17.2 Å². The van der Waals surface area contributed by atoms with Gasteiger partial charge >= 0.3 is 6.18 Å². The Kier molecular flexibility index (Phi) is 5.13. The number of alkyl halides is 3. The standard InChI is InChI=1S/C17H23F3N4O/c1-9-5-13(15(25)24-21)23-14-11(9)6-10(22-8-17(18,19)20)7-12(14)16(2,3)4/h5-6,12,22H,7-8,21H2,1-4H3,(H,24,25). The number of hydrogen-bond donors (Lipinski definition) is 3. The molecule has 8 heteroatoms. The summed E-state index contributed by atoms with van der Waals surface area (Å²) in [6.07, 6.45) is -2.20. The van der Waals surface area contributed by atoms with Gasteiger partial charge in [0.05, 0.1) is 5.69 Å². The molecular formula is C17H23F3N4O. The largest absolute Gasteiger partial charge is 0.405 e. The fraction of sp³-hybridized carbons (Fsp3) is 0.529. The molecule has 0 spiro atoms. The van der Waals surface area contributed by atoms with E-state index < -0.39 is 18.6 Å². The van der Waals surface area contributed by atoms with E-state index in [-0.39, 0.29) is 17.0 Å². The van der Waals surface area contributed by atoms with Gasteiger partial charge in [0.2, 0.25) is 0 Å². The smallest absolute Gasteiger partial charge is 0.380 e. The van der Waals surface area contributed by atoms with Crippen LogP contribution in [-0.2, 0) is 0 Å². The summed E-state index contributed by atoms with van der Waals surface area (Å²) in [7, 11) is 0. The van der Waals surface area contributed by atoms with Gasteiger partial charge in [-0.2, -0.15) is 13.2 Å². The van der Waals surface area contributed by atoms with Gasteiger partial charge in [0.15, 0.2) is 0 Å². The fourth-order valence-corrected chi connectivity index (χ4v) is 2.95. The highest BCUT2D eigenvalue weighted by atomic mass is 19.4. The minimum absolute atomic E-state index is 0.132. The number of rotatable bonds is 3. The van der Waals surface area contributed by atoms with Crippen LogP contribution in [0.5, 0.6) is 0 Å². The number of halogens is 3. The van der Waals surface area contributed by atoms with E-state index in [2.05, 4.69) is 15.7 Å². The summed E-state index contributed by atoms with van der Waals surface area (Å²) in [5.41, 5.74) is 4.77. The van der Waals surface area contributed by atoms with Crippen molar-refractivity contribution in [2.75, 3.05) is 6.54 Å². The molecule has 1 unspecified atom stereocenters. The number of aromatic nitrogens is 1. The topological polar surface area (TPSA) is 80.0 Å². The number of nitrogens with one attached hydrogen (secondary N) is 2. The van der Waals surface area contributed by atoms with E-state index in [9.17, 15) is 18.0 Å². The van der Waals surface area contributed by atoms with Crippen LogP contribution in [-0.4, -0.2) is 23.6 Å². The lowest BCUT2D eigenvalue weighted by atomic mass is 9.72. The Morgan fingerprint density at radius 1 is 1.36 bits per heavy atom. The number of nitrogens with zero attached hydrogens (tertiary/aromatic N) is 1. The molecule has 138 valence electrons. The Hall–Kier alpha value is -2.09. The van der Waals surface area contributed by atoms with Crippen molar-refractivity contribution in [3.05, 3.63) is 34.3 Å². The molecule has 1 atom stereocenters. The maximum absolute atomic E-state index is 12.5. The summed E-state index contributed by atoms with van der Waals surface area (Å²) in [5.74, 6) is 4.56. The molecule has 2 rings (SSSR count). The van der Waals surface area contributed by atoms with Gasteiger partial charge in [-0.3, -0.25) is 10.2 Å². The first-order valence-corrected chi connectivity index (χ1v) is 7.96. The highest BCUT2D eigenvalue weighted by Gasteiger charge is 2.35. The van der Waals surface area contributed by atoms with Crippen LogP contribution < -0.4 is 16.6 Å². The van der Waals surface area contributed by atoms with Crippen LogP contribution in [0.2, 0.25) is 0 Å². The number of carbonyl (C=O) groups excluding carboxylic acids is 1. The summed E-state index contributed by atoms with van der Waals surface area (Å²) >= 11 is 0. The van der Waals surface area contributed by atoms with Crippen molar-refractivity contribution in [1.29, 1.82) is 0 Å². The monoisotopic (exact) mass is 356 g/mol. The molecule has 25 heavy (non-hydrogen) atoms. The van der Waals surface area contributed by atoms with E-state index in [1.54, 1.807) is 19.1 Å². The summed E-state index contributed by atoms with van der Waals surface area (Å²) in [5, 5.41) is 2.49. The van der Waals surface area contributed by atoms with Crippen LogP contribution in [0.3, 0.4) is 0 Å². The van der Waals surface area contributed by atoms with Gasteiger partial charge in [-0.05, 0) is 36.5 Å². The van der Waals surface area contributed by atoms with Gasteiger partial charge < -0.3 is 5.32 Å². The zero-order valence-electron chi connectivity index (χ0n) is 14.7. The number of pyridine rings is 1.